The number of methoxy groups -OCH3 is 1. The number of imidazole rings is 1. The lowest BCUT2D eigenvalue weighted by atomic mass is 10.1. The van der Waals surface area contributed by atoms with Crippen molar-refractivity contribution < 1.29 is 4.74 Å². The summed E-state index contributed by atoms with van der Waals surface area (Å²) in [7, 11) is 1.63. The van der Waals surface area contributed by atoms with Crippen LogP contribution in [-0.4, -0.2) is 16.5 Å². The molecule has 0 N–H and O–H groups in total. The predicted molar refractivity (Wildman–Crippen MR) is 84.3 cm³/mol. The van der Waals surface area contributed by atoms with Gasteiger partial charge in [-0.2, -0.15) is 5.26 Å². The van der Waals surface area contributed by atoms with E-state index in [0.29, 0.717) is 11.4 Å². The Morgan fingerprint density at radius 3 is 2.62 bits per heavy atom. The van der Waals surface area contributed by atoms with E-state index in [0.717, 1.165) is 27.0 Å². The zero-order chi connectivity index (χ0) is 15.0. The van der Waals surface area contributed by atoms with Gasteiger partial charge in [-0.05, 0) is 58.7 Å². The second kappa shape index (κ2) is 5.23. The summed E-state index contributed by atoms with van der Waals surface area (Å²) in [5, 5.41) is 9.50. The maximum absolute atomic E-state index is 9.50. The van der Waals surface area contributed by atoms with Crippen LogP contribution in [0.2, 0.25) is 0 Å². The van der Waals surface area contributed by atoms with Crippen LogP contribution in [0.3, 0.4) is 0 Å². The summed E-state index contributed by atoms with van der Waals surface area (Å²) in [5.41, 5.74) is 3.91. The first-order chi connectivity index (χ1) is 10.1. The number of fused-ring (bicyclic) bond motifs is 1. The van der Waals surface area contributed by atoms with E-state index in [1.54, 1.807) is 7.11 Å². The molecule has 1 aromatic carbocycles. The van der Waals surface area contributed by atoms with Gasteiger partial charge in [-0.15, -0.1) is 0 Å². The number of ether oxygens (including phenoxy) is 1. The molecular weight excluding hydrogens is 330 g/mol. The zero-order valence-electron chi connectivity index (χ0n) is 11.6. The van der Waals surface area contributed by atoms with Crippen molar-refractivity contribution in [1.29, 1.82) is 5.26 Å². The monoisotopic (exact) mass is 341 g/mol. The van der Waals surface area contributed by atoms with E-state index in [1.807, 2.05) is 47.9 Å². The van der Waals surface area contributed by atoms with Crippen LogP contribution in [0.15, 0.2) is 41.0 Å². The van der Waals surface area contributed by atoms with Crippen molar-refractivity contribution >= 4 is 21.6 Å². The average molecular weight is 342 g/mol. The molecule has 4 nitrogen and oxygen atoms in total. The Bertz CT molecular complexity index is 860. The van der Waals surface area contributed by atoms with Crippen LogP contribution in [0.4, 0.5) is 0 Å². The van der Waals surface area contributed by atoms with Crippen LogP contribution in [0, 0.1) is 18.3 Å². The van der Waals surface area contributed by atoms with Crippen molar-refractivity contribution in [3.63, 3.8) is 0 Å². The molecule has 0 unspecified atom stereocenters. The fourth-order valence-corrected chi connectivity index (χ4v) is 2.87. The third-order valence-electron chi connectivity index (χ3n) is 3.34. The van der Waals surface area contributed by atoms with Crippen molar-refractivity contribution in [2.75, 3.05) is 7.11 Å². The highest BCUT2D eigenvalue weighted by atomic mass is 79.9. The Kier molecular flexibility index (Phi) is 3.40. The van der Waals surface area contributed by atoms with Crippen LogP contribution in [0.25, 0.3) is 16.9 Å². The number of nitrogens with zero attached hydrogens (tertiary/aromatic N) is 3. The number of hydrogen-bond acceptors (Lipinski definition) is 3. The van der Waals surface area contributed by atoms with E-state index >= 15 is 0 Å². The molecule has 0 bridgehead atoms. The van der Waals surface area contributed by atoms with Gasteiger partial charge in [0.1, 0.15) is 23.2 Å². The third-order valence-corrected chi connectivity index (χ3v) is 3.77. The van der Waals surface area contributed by atoms with Gasteiger partial charge in [-0.1, -0.05) is 0 Å². The lowest BCUT2D eigenvalue weighted by molar-refractivity contribution is 0.415. The molecule has 0 aliphatic rings. The average Bonchev–Trinajstić information content (AvgIpc) is 2.86. The Labute approximate surface area is 130 Å². The van der Waals surface area contributed by atoms with Crippen molar-refractivity contribution in [2.24, 2.45) is 0 Å². The smallest absolute Gasteiger partial charge is 0.152 e. The van der Waals surface area contributed by atoms with Crippen LogP contribution < -0.4 is 4.74 Å². The van der Waals surface area contributed by atoms with Crippen LogP contribution in [0.5, 0.6) is 5.75 Å². The fourth-order valence-electron chi connectivity index (χ4n) is 2.33. The predicted octanol–water partition coefficient (Wildman–Crippen LogP) is 3.95. The Balaban J connectivity index is 2.27. The highest BCUT2D eigenvalue weighted by Crippen LogP contribution is 2.28. The number of hydrogen-bond donors (Lipinski definition) is 0. The largest absolute Gasteiger partial charge is 0.497 e. The number of benzene rings is 1. The van der Waals surface area contributed by atoms with Gasteiger partial charge in [0.15, 0.2) is 5.69 Å². The number of aromatic nitrogens is 2. The summed E-state index contributed by atoms with van der Waals surface area (Å²) in [4.78, 5) is 4.63. The Morgan fingerprint density at radius 2 is 2.00 bits per heavy atom. The van der Waals surface area contributed by atoms with Crippen molar-refractivity contribution in [2.45, 2.75) is 6.92 Å². The first-order valence-corrected chi connectivity index (χ1v) is 7.16. The quantitative estimate of drug-likeness (QED) is 0.708. The lowest BCUT2D eigenvalue weighted by Gasteiger charge is -2.01. The molecule has 2 aromatic heterocycles. The SMILES string of the molecule is COc1ccc(-c2nc3c(C)cc(Br)cn3c2C#N)cc1. The molecule has 5 heteroatoms. The summed E-state index contributed by atoms with van der Waals surface area (Å²) < 4.78 is 7.90. The third kappa shape index (κ3) is 2.28. The minimum Gasteiger partial charge on any atom is -0.497 e. The van der Waals surface area contributed by atoms with Crippen molar-refractivity contribution in [3.05, 3.63) is 52.3 Å². The van der Waals surface area contributed by atoms with Gasteiger partial charge in [0.25, 0.3) is 0 Å². The second-order valence-electron chi connectivity index (χ2n) is 4.68. The molecule has 21 heavy (non-hydrogen) atoms. The van der Waals surface area contributed by atoms with Crippen molar-refractivity contribution in [1.82, 2.24) is 9.38 Å². The number of rotatable bonds is 2. The molecule has 3 aromatic rings. The number of halogens is 1. The number of aryl methyl sites for hydroxylation is 1. The van der Waals surface area contributed by atoms with Gasteiger partial charge in [-0.25, -0.2) is 4.98 Å². The molecule has 0 aliphatic carbocycles. The molecule has 2 heterocycles. The van der Waals surface area contributed by atoms with Crippen LogP contribution >= 0.6 is 15.9 Å². The summed E-state index contributed by atoms with van der Waals surface area (Å²) >= 11 is 3.46. The van der Waals surface area contributed by atoms with Crippen LogP contribution in [-0.2, 0) is 0 Å². The molecule has 0 atom stereocenters. The first-order valence-electron chi connectivity index (χ1n) is 6.36. The minimum absolute atomic E-state index is 0.527. The maximum atomic E-state index is 9.50. The molecule has 0 saturated heterocycles. The zero-order valence-corrected chi connectivity index (χ0v) is 13.2. The molecule has 104 valence electrons. The van der Waals surface area contributed by atoms with E-state index in [9.17, 15) is 5.26 Å². The van der Waals surface area contributed by atoms with Crippen molar-refractivity contribution in [3.8, 4) is 23.1 Å². The molecule has 0 saturated carbocycles. The second-order valence-corrected chi connectivity index (χ2v) is 5.60. The first kappa shape index (κ1) is 13.7. The lowest BCUT2D eigenvalue weighted by Crippen LogP contribution is -1.91. The van der Waals surface area contributed by atoms with Gasteiger partial charge in [0.05, 0.1) is 7.11 Å². The molecule has 3 rings (SSSR count). The molecule has 0 amide bonds. The standard InChI is InChI=1S/C16H12BrN3O/c1-10-7-12(17)9-20-14(8-18)15(19-16(10)20)11-3-5-13(21-2)6-4-11/h3-7,9H,1-2H3. The molecule has 0 radical (unpaired) electrons. The fraction of sp³-hybridized carbons (Fsp3) is 0.125. The topological polar surface area (TPSA) is 50.3 Å². The summed E-state index contributed by atoms with van der Waals surface area (Å²) in [6.07, 6.45) is 1.86. The van der Waals surface area contributed by atoms with Gasteiger partial charge in [0.2, 0.25) is 0 Å². The normalized spacial score (nSPS) is 10.6. The molecule has 0 spiro atoms. The van der Waals surface area contributed by atoms with E-state index < -0.39 is 0 Å². The Morgan fingerprint density at radius 1 is 1.29 bits per heavy atom. The van der Waals surface area contributed by atoms with Gasteiger partial charge >= 0.3 is 0 Å². The number of pyridine rings is 1. The van der Waals surface area contributed by atoms with E-state index in [-0.39, 0.29) is 0 Å². The summed E-state index contributed by atoms with van der Waals surface area (Å²) in [6.45, 7) is 1.98. The number of nitriles is 1. The van der Waals surface area contributed by atoms with Gasteiger partial charge < -0.3 is 4.74 Å². The molecule has 0 fully saturated rings. The van der Waals surface area contributed by atoms with E-state index in [1.165, 1.54) is 0 Å². The summed E-state index contributed by atoms with van der Waals surface area (Å²) in [6, 6.07) is 11.8. The minimum atomic E-state index is 0.527. The summed E-state index contributed by atoms with van der Waals surface area (Å²) in [5.74, 6) is 0.778. The molecule has 0 aliphatic heterocycles. The van der Waals surface area contributed by atoms with Crippen LogP contribution in [0.1, 0.15) is 11.3 Å². The molecular formula is C16H12BrN3O. The van der Waals surface area contributed by atoms with Gasteiger partial charge in [0, 0.05) is 16.2 Å². The van der Waals surface area contributed by atoms with E-state index in [4.69, 9.17) is 4.74 Å². The Hall–Kier alpha value is -2.32. The highest BCUT2D eigenvalue weighted by molar-refractivity contribution is 9.10. The van der Waals surface area contributed by atoms with Gasteiger partial charge in [-0.3, -0.25) is 4.40 Å². The maximum Gasteiger partial charge on any atom is 0.152 e. The highest BCUT2D eigenvalue weighted by Gasteiger charge is 2.15. The van der Waals surface area contributed by atoms with E-state index in [2.05, 4.69) is 27.0 Å².